The van der Waals surface area contributed by atoms with Gasteiger partial charge in [-0.3, -0.25) is 0 Å². The number of halogens is 3. The van der Waals surface area contributed by atoms with Crippen LogP contribution in [0.5, 0.6) is 0 Å². The van der Waals surface area contributed by atoms with Gasteiger partial charge in [0.05, 0.1) is 6.04 Å². The molecule has 1 aliphatic heterocycles. The molecule has 1 N–H and O–H groups in total. The number of ether oxygens (including phenoxy) is 1. The van der Waals surface area contributed by atoms with Gasteiger partial charge in [-0.25, -0.2) is 4.79 Å². The number of hydrogen-bond donors (Lipinski definition) is 1. The SMILES string of the molecule is CC1COC(=O)N1.[I][V]([I])[I]. The van der Waals surface area contributed by atoms with Crippen LogP contribution in [0.3, 0.4) is 0 Å². The summed E-state index contributed by atoms with van der Waals surface area (Å²) in [6.45, 7) is 2.41. The van der Waals surface area contributed by atoms with E-state index in [1.165, 1.54) is 0 Å². The summed E-state index contributed by atoms with van der Waals surface area (Å²) in [4.78, 5) is 9.84. The molecule has 0 saturated carbocycles. The van der Waals surface area contributed by atoms with Crippen LogP contribution in [0.1, 0.15) is 6.92 Å². The molecule has 1 amide bonds. The zero-order valence-electron chi connectivity index (χ0n) is 5.68. The summed E-state index contributed by atoms with van der Waals surface area (Å²) in [5.74, 6) is 0. The molecule has 1 heterocycles. The second-order valence-corrected chi connectivity index (χ2v) is 37.2. The molecule has 0 bridgehead atoms. The average Bonchev–Trinajstić information content (AvgIpc) is 2.13. The Kier molecular flexibility index (Phi) is 8.83. The van der Waals surface area contributed by atoms with E-state index >= 15 is 0 Å². The second-order valence-electron chi connectivity index (χ2n) is 1.84. The third kappa shape index (κ3) is 9.96. The molecule has 1 saturated heterocycles. The summed E-state index contributed by atoms with van der Waals surface area (Å²) in [7, 11) is 0. The zero-order valence-corrected chi connectivity index (χ0v) is 13.6. The molecule has 11 heavy (non-hydrogen) atoms. The Balaban J connectivity index is 0.000000218. The van der Waals surface area contributed by atoms with Crippen LogP contribution in [-0.2, 0) is 9.66 Å². The van der Waals surface area contributed by atoms with Crippen molar-refractivity contribution in [2.24, 2.45) is 0 Å². The Labute approximate surface area is 103 Å². The van der Waals surface area contributed by atoms with Gasteiger partial charge in [-0.1, -0.05) is 0 Å². The Morgan fingerprint density at radius 3 is 2.18 bits per heavy atom. The van der Waals surface area contributed by atoms with Crippen molar-refractivity contribution < 1.29 is 14.5 Å². The van der Waals surface area contributed by atoms with Gasteiger partial charge in [-0.2, -0.15) is 0 Å². The fourth-order valence-electron chi connectivity index (χ4n) is 0.485. The van der Waals surface area contributed by atoms with Crippen molar-refractivity contribution in [3.63, 3.8) is 0 Å². The zero-order chi connectivity index (χ0) is 8.85. The number of hydrogen-bond acceptors (Lipinski definition) is 2. The summed E-state index contributed by atoms with van der Waals surface area (Å²) in [5.41, 5.74) is 0. The minimum atomic E-state index is -0.299. The van der Waals surface area contributed by atoms with Gasteiger partial charge in [0.1, 0.15) is 6.61 Å². The molecule has 0 radical (unpaired) electrons. The summed E-state index contributed by atoms with van der Waals surface area (Å²) in [6, 6.07) is 0.201. The molecule has 66 valence electrons. The molecule has 0 aromatic rings. The Morgan fingerprint density at radius 2 is 2.09 bits per heavy atom. The molecular formula is C4H7I3NO2V. The molecule has 0 spiro atoms. The van der Waals surface area contributed by atoms with E-state index in [2.05, 4.69) is 70.0 Å². The monoisotopic (exact) mass is 533 g/mol. The van der Waals surface area contributed by atoms with Crippen LogP contribution >= 0.6 is 59.9 Å². The molecule has 1 rings (SSSR count). The molecule has 0 aliphatic carbocycles. The molecule has 7 heteroatoms. The Hall–Kier alpha value is 2.04. The predicted octanol–water partition coefficient (Wildman–Crippen LogP) is 2.77. The van der Waals surface area contributed by atoms with E-state index in [1.807, 2.05) is 6.92 Å². The number of carbonyl (C=O) groups is 1. The molecule has 0 aromatic heterocycles. The van der Waals surface area contributed by atoms with E-state index in [-0.39, 0.29) is 17.1 Å². The maximum absolute atomic E-state index is 10.1. The summed E-state index contributed by atoms with van der Waals surface area (Å²) in [6.07, 6.45) is -0.299. The van der Waals surface area contributed by atoms with E-state index in [0.717, 1.165) is 0 Å². The second kappa shape index (κ2) is 7.45. The van der Waals surface area contributed by atoms with Crippen LogP contribution in [0.4, 0.5) is 4.79 Å². The fraction of sp³-hybridized carbons (Fsp3) is 0.750. The number of carbonyl (C=O) groups excluding carboxylic acids is 1. The third-order valence-electron chi connectivity index (χ3n) is 0.829. The Morgan fingerprint density at radius 1 is 1.64 bits per heavy atom. The molecule has 1 unspecified atom stereocenters. The van der Waals surface area contributed by atoms with Gasteiger partial charge in [-0.05, 0) is 6.92 Å². The first-order valence-electron chi connectivity index (χ1n) is 2.73. The van der Waals surface area contributed by atoms with Gasteiger partial charge < -0.3 is 10.1 Å². The molecule has 0 aromatic carbocycles. The van der Waals surface area contributed by atoms with Crippen LogP contribution in [0.25, 0.3) is 0 Å². The van der Waals surface area contributed by atoms with Gasteiger partial charge in [0.15, 0.2) is 0 Å². The summed E-state index contributed by atoms with van der Waals surface area (Å²) >= 11 is 7.39. The van der Waals surface area contributed by atoms with E-state index in [9.17, 15) is 4.79 Å². The first kappa shape index (κ1) is 13.0. The molecule has 1 fully saturated rings. The molecular weight excluding hydrogens is 526 g/mol. The van der Waals surface area contributed by atoms with Crippen LogP contribution in [-0.4, -0.2) is 18.7 Å². The quantitative estimate of drug-likeness (QED) is 0.488. The van der Waals surface area contributed by atoms with Crippen LogP contribution in [0, 0.1) is 0 Å². The fourth-order valence-corrected chi connectivity index (χ4v) is 0.485. The number of rotatable bonds is 0. The predicted molar refractivity (Wildman–Crippen MR) is 66.0 cm³/mol. The van der Waals surface area contributed by atoms with Crippen molar-refractivity contribution in [2.75, 3.05) is 6.61 Å². The van der Waals surface area contributed by atoms with Crippen LogP contribution in [0.2, 0.25) is 0 Å². The van der Waals surface area contributed by atoms with Gasteiger partial charge >= 0.3 is 71.0 Å². The Bertz CT molecular complexity index is 132. The van der Waals surface area contributed by atoms with E-state index in [1.54, 1.807) is 0 Å². The van der Waals surface area contributed by atoms with E-state index in [0.29, 0.717) is 6.61 Å². The van der Waals surface area contributed by atoms with E-state index in [4.69, 9.17) is 0 Å². The minimum absolute atomic E-state index is 0.201. The molecule has 1 atom stereocenters. The van der Waals surface area contributed by atoms with Crippen molar-refractivity contribution >= 4 is 66.0 Å². The van der Waals surface area contributed by atoms with Crippen molar-refractivity contribution in [1.29, 1.82) is 0 Å². The third-order valence-corrected chi connectivity index (χ3v) is 0.829. The summed E-state index contributed by atoms with van der Waals surface area (Å²) < 4.78 is 4.52. The summed E-state index contributed by atoms with van der Waals surface area (Å²) in [5, 5.41) is 2.56. The average molecular weight is 533 g/mol. The number of amides is 1. The van der Waals surface area contributed by atoms with Gasteiger partial charge in [0.25, 0.3) is 0 Å². The number of cyclic esters (lactones) is 1. The first-order chi connectivity index (χ1) is 5.02. The standard InChI is InChI=1S/C4H7NO2.3HI.V/c1-3-2-7-4(6)5-3;;;;/h3H,2H2,1H3,(H,5,6);3*1H;/q;;;;+3/p-3. The topological polar surface area (TPSA) is 38.3 Å². The van der Waals surface area contributed by atoms with Gasteiger partial charge in [-0.15, -0.1) is 0 Å². The van der Waals surface area contributed by atoms with Crippen molar-refractivity contribution in [3.05, 3.63) is 0 Å². The van der Waals surface area contributed by atoms with E-state index < -0.39 is 0 Å². The van der Waals surface area contributed by atoms with Crippen molar-refractivity contribution in [2.45, 2.75) is 13.0 Å². The maximum atomic E-state index is 10.1. The molecule has 3 nitrogen and oxygen atoms in total. The number of alkyl carbamates (subject to hydrolysis) is 1. The molecule has 1 aliphatic rings. The van der Waals surface area contributed by atoms with Crippen LogP contribution < -0.4 is 5.32 Å². The normalized spacial score (nSPS) is 21.9. The van der Waals surface area contributed by atoms with Crippen LogP contribution in [0.15, 0.2) is 0 Å². The van der Waals surface area contributed by atoms with Crippen molar-refractivity contribution in [1.82, 2.24) is 5.32 Å². The van der Waals surface area contributed by atoms with Gasteiger partial charge in [0, 0.05) is 0 Å². The van der Waals surface area contributed by atoms with Gasteiger partial charge in [0.2, 0.25) is 0 Å². The first-order valence-corrected chi connectivity index (χ1v) is 16.2. The van der Waals surface area contributed by atoms with Crippen molar-refractivity contribution in [3.8, 4) is 0 Å². The number of nitrogens with one attached hydrogen (secondary N) is 1.